The summed E-state index contributed by atoms with van der Waals surface area (Å²) >= 11 is 0. The largest absolute Gasteiger partial charge is 0.335 e. The summed E-state index contributed by atoms with van der Waals surface area (Å²) in [4.78, 5) is 14.0. The van der Waals surface area contributed by atoms with Crippen LogP contribution in [0.5, 0.6) is 0 Å². The second-order valence-electron chi connectivity index (χ2n) is 5.48. The third-order valence-electron chi connectivity index (χ3n) is 3.88. The molecule has 0 bridgehead atoms. The summed E-state index contributed by atoms with van der Waals surface area (Å²) in [6.45, 7) is 4.13. The number of carbonyl (C=O) groups is 1. The predicted molar refractivity (Wildman–Crippen MR) is 65.4 cm³/mol. The standard InChI is InChI=1S/C13H24N2O/c1-11-6-5-9-15(10-11)13(16)14-12-7-3-2-4-8-12/h11-12H,2-10H2,1H3,(H,14,16)/t11-/m1/s1. The summed E-state index contributed by atoms with van der Waals surface area (Å²) in [5.41, 5.74) is 0. The third kappa shape index (κ3) is 3.13. The first-order valence-electron chi connectivity index (χ1n) is 6.81. The zero-order valence-electron chi connectivity index (χ0n) is 10.4. The Labute approximate surface area is 98.6 Å². The Morgan fingerprint density at radius 3 is 2.56 bits per heavy atom. The number of nitrogens with zero attached hydrogens (tertiary/aromatic N) is 1. The van der Waals surface area contributed by atoms with Crippen LogP contribution in [0.25, 0.3) is 0 Å². The lowest BCUT2D eigenvalue weighted by Gasteiger charge is -2.33. The second kappa shape index (κ2) is 5.55. The van der Waals surface area contributed by atoms with Crippen LogP contribution in [0.2, 0.25) is 0 Å². The van der Waals surface area contributed by atoms with E-state index in [2.05, 4.69) is 12.2 Å². The van der Waals surface area contributed by atoms with Crippen molar-refractivity contribution in [3.63, 3.8) is 0 Å². The van der Waals surface area contributed by atoms with Gasteiger partial charge in [0, 0.05) is 19.1 Å². The Kier molecular flexibility index (Phi) is 4.08. The van der Waals surface area contributed by atoms with Crippen LogP contribution in [0.15, 0.2) is 0 Å². The van der Waals surface area contributed by atoms with Crippen LogP contribution in [0, 0.1) is 5.92 Å². The lowest BCUT2D eigenvalue weighted by molar-refractivity contribution is 0.163. The molecule has 1 saturated heterocycles. The molecular weight excluding hydrogens is 200 g/mol. The van der Waals surface area contributed by atoms with Gasteiger partial charge in [-0.3, -0.25) is 0 Å². The average Bonchev–Trinajstić information content (AvgIpc) is 2.30. The lowest BCUT2D eigenvalue weighted by atomic mass is 9.95. The Hall–Kier alpha value is -0.730. The van der Waals surface area contributed by atoms with Crippen molar-refractivity contribution in [2.24, 2.45) is 5.92 Å². The van der Waals surface area contributed by atoms with E-state index in [1.54, 1.807) is 0 Å². The summed E-state index contributed by atoms with van der Waals surface area (Å²) in [6.07, 6.45) is 8.69. The fourth-order valence-electron chi connectivity index (χ4n) is 2.89. The van der Waals surface area contributed by atoms with E-state index in [4.69, 9.17) is 0 Å². The van der Waals surface area contributed by atoms with Crippen LogP contribution in [-0.2, 0) is 0 Å². The van der Waals surface area contributed by atoms with Gasteiger partial charge in [-0.25, -0.2) is 4.79 Å². The van der Waals surface area contributed by atoms with E-state index in [0.29, 0.717) is 12.0 Å². The molecule has 0 aromatic carbocycles. The van der Waals surface area contributed by atoms with E-state index >= 15 is 0 Å². The van der Waals surface area contributed by atoms with Crippen LogP contribution >= 0.6 is 0 Å². The molecule has 0 aromatic rings. The third-order valence-corrected chi connectivity index (χ3v) is 3.88. The molecule has 3 nitrogen and oxygen atoms in total. The maximum absolute atomic E-state index is 12.0. The highest BCUT2D eigenvalue weighted by Crippen LogP contribution is 2.19. The number of rotatable bonds is 1. The molecule has 0 unspecified atom stereocenters. The molecule has 2 rings (SSSR count). The summed E-state index contributed by atoms with van der Waals surface area (Å²) in [6, 6.07) is 0.622. The minimum Gasteiger partial charge on any atom is -0.335 e. The highest BCUT2D eigenvalue weighted by Gasteiger charge is 2.23. The minimum absolute atomic E-state index is 0.179. The zero-order valence-corrected chi connectivity index (χ0v) is 10.4. The smallest absolute Gasteiger partial charge is 0.317 e. The zero-order chi connectivity index (χ0) is 11.4. The van der Waals surface area contributed by atoms with E-state index in [1.165, 1.54) is 44.9 Å². The first-order valence-corrected chi connectivity index (χ1v) is 6.81. The summed E-state index contributed by atoms with van der Waals surface area (Å²) in [7, 11) is 0. The number of hydrogen-bond acceptors (Lipinski definition) is 1. The highest BCUT2D eigenvalue weighted by molar-refractivity contribution is 5.74. The van der Waals surface area contributed by atoms with Crippen molar-refractivity contribution in [3.05, 3.63) is 0 Å². The molecule has 92 valence electrons. The number of hydrogen-bond donors (Lipinski definition) is 1. The number of urea groups is 1. The minimum atomic E-state index is 0.179. The molecule has 1 N–H and O–H groups in total. The van der Waals surface area contributed by atoms with Gasteiger partial charge >= 0.3 is 6.03 Å². The van der Waals surface area contributed by atoms with Crippen LogP contribution in [0.3, 0.4) is 0 Å². The molecule has 16 heavy (non-hydrogen) atoms. The van der Waals surface area contributed by atoms with Crippen molar-refractivity contribution in [2.75, 3.05) is 13.1 Å². The van der Waals surface area contributed by atoms with Crippen molar-refractivity contribution in [3.8, 4) is 0 Å². The Balaban J connectivity index is 1.77. The van der Waals surface area contributed by atoms with Gasteiger partial charge in [0.2, 0.25) is 0 Å². The monoisotopic (exact) mass is 224 g/mol. The summed E-state index contributed by atoms with van der Waals surface area (Å²) in [5, 5.41) is 3.20. The quantitative estimate of drug-likeness (QED) is 0.730. The van der Waals surface area contributed by atoms with Crippen LogP contribution in [-0.4, -0.2) is 30.1 Å². The number of amides is 2. The Morgan fingerprint density at radius 1 is 1.12 bits per heavy atom. The molecule has 2 aliphatic rings. The van der Waals surface area contributed by atoms with Gasteiger partial charge in [-0.1, -0.05) is 26.2 Å². The van der Waals surface area contributed by atoms with Gasteiger partial charge in [-0.15, -0.1) is 0 Å². The first kappa shape index (κ1) is 11.7. The van der Waals surface area contributed by atoms with Gasteiger partial charge in [-0.2, -0.15) is 0 Å². The fraction of sp³-hybridized carbons (Fsp3) is 0.923. The maximum Gasteiger partial charge on any atom is 0.317 e. The molecule has 2 fully saturated rings. The highest BCUT2D eigenvalue weighted by atomic mass is 16.2. The van der Waals surface area contributed by atoms with Crippen molar-refractivity contribution >= 4 is 6.03 Å². The molecule has 0 aromatic heterocycles. The second-order valence-corrected chi connectivity index (χ2v) is 5.48. The number of carbonyl (C=O) groups excluding carboxylic acids is 1. The molecule has 0 radical (unpaired) electrons. The van der Waals surface area contributed by atoms with Crippen molar-refractivity contribution < 1.29 is 4.79 Å². The molecule has 3 heteroatoms. The van der Waals surface area contributed by atoms with Gasteiger partial charge in [0.25, 0.3) is 0 Å². The molecule has 2 amide bonds. The number of likely N-dealkylation sites (tertiary alicyclic amines) is 1. The average molecular weight is 224 g/mol. The van der Waals surface area contributed by atoms with Crippen LogP contribution in [0.1, 0.15) is 51.9 Å². The molecule has 1 heterocycles. The molecule has 1 atom stereocenters. The van der Waals surface area contributed by atoms with Gasteiger partial charge in [-0.05, 0) is 31.6 Å². The first-order chi connectivity index (χ1) is 7.75. The van der Waals surface area contributed by atoms with Gasteiger partial charge < -0.3 is 10.2 Å². The van der Waals surface area contributed by atoms with Crippen LogP contribution in [0.4, 0.5) is 4.79 Å². The molecule has 1 aliphatic heterocycles. The number of piperidine rings is 1. The molecule has 1 saturated carbocycles. The van der Waals surface area contributed by atoms with Gasteiger partial charge in [0.05, 0.1) is 0 Å². The van der Waals surface area contributed by atoms with Crippen molar-refractivity contribution in [2.45, 2.75) is 57.9 Å². The van der Waals surface area contributed by atoms with Crippen LogP contribution < -0.4 is 5.32 Å². The summed E-state index contributed by atoms with van der Waals surface area (Å²) in [5.74, 6) is 0.672. The SMILES string of the molecule is C[C@@H]1CCCN(C(=O)NC2CCCCC2)C1. The van der Waals surface area contributed by atoms with E-state index in [-0.39, 0.29) is 6.03 Å². The number of nitrogens with one attached hydrogen (secondary N) is 1. The fourth-order valence-corrected chi connectivity index (χ4v) is 2.89. The van der Waals surface area contributed by atoms with Crippen molar-refractivity contribution in [1.82, 2.24) is 10.2 Å². The maximum atomic E-state index is 12.0. The molecule has 1 aliphatic carbocycles. The van der Waals surface area contributed by atoms with E-state index in [0.717, 1.165) is 13.1 Å². The van der Waals surface area contributed by atoms with E-state index in [1.807, 2.05) is 4.90 Å². The summed E-state index contributed by atoms with van der Waals surface area (Å²) < 4.78 is 0. The van der Waals surface area contributed by atoms with E-state index in [9.17, 15) is 4.79 Å². The Morgan fingerprint density at radius 2 is 1.88 bits per heavy atom. The Bertz CT molecular complexity index is 236. The molecule has 0 spiro atoms. The predicted octanol–water partition coefficient (Wildman–Crippen LogP) is 2.76. The van der Waals surface area contributed by atoms with Gasteiger partial charge in [0.15, 0.2) is 0 Å². The van der Waals surface area contributed by atoms with E-state index < -0.39 is 0 Å². The lowest BCUT2D eigenvalue weighted by Crippen LogP contribution is -2.48. The topological polar surface area (TPSA) is 32.3 Å². The molecular formula is C13H24N2O. The normalized spacial score (nSPS) is 27.8. The van der Waals surface area contributed by atoms with Gasteiger partial charge in [0.1, 0.15) is 0 Å². The van der Waals surface area contributed by atoms with Crippen molar-refractivity contribution in [1.29, 1.82) is 0 Å².